The summed E-state index contributed by atoms with van der Waals surface area (Å²) in [5.41, 5.74) is 4.52. The summed E-state index contributed by atoms with van der Waals surface area (Å²) in [6.07, 6.45) is 7.12. The molecule has 7 heteroatoms. The van der Waals surface area contributed by atoms with E-state index in [4.69, 9.17) is 4.74 Å². The van der Waals surface area contributed by atoms with E-state index in [1.165, 1.54) is 31.9 Å². The lowest BCUT2D eigenvalue weighted by atomic mass is 9.63. The van der Waals surface area contributed by atoms with Gasteiger partial charge in [0.15, 0.2) is 0 Å². The highest BCUT2D eigenvalue weighted by Gasteiger charge is 2.46. The van der Waals surface area contributed by atoms with Gasteiger partial charge in [0.25, 0.3) is 0 Å². The van der Waals surface area contributed by atoms with Crippen LogP contribution in [0.15, 0.2) is 48.5 Å². The fourth-order valence-corrected chi connectivity index (χ4v) is 5.90. The van der Waals surface area contributed by atoms with Gasteiger partial charge in [0.1, 0.15) is 6.04 Å². The predicted molar refractivity (Wildman–Crippen MR) is 147 cm³/mol. The minimum Gasteiger partial charge on any atom is -0.468 e. The summed E-state index contributed by atoms with van der Waals surface area (Å²) < 4.78 is 5.34. The Morgan fingerprint density at radius 3 is 2.35 bits per heavy atom. The number of unbranched alkanes of at least 4 members (excludes halogenated alkanes) is 1. The molecule has 0 bridgehead atoms. The Hall–Kier alpha value is -3.06. The number of hydrogen-bond donors (Lipinski definition) is 1. The molecule has 1 fully saturated rings. The van der Waals surface area contributed by atoms with E-state index in [0.717, 1.165) is 36.0 Å². The van der Waals surface area contributed by atoms with Crippen LogP contribution in [0.2, 0.25) is 0 Å². The molecule has 3 aromatic rings. The van der Waals surface area contributed by atoms with Crippen molar-refractivity contribution in [3.8, 4) is 22.5 Å². The van der Waals surface area contributed by atoms with E-state index in [1.54, 1.807) is 0 Å². The van der Waals surface area contributed by atoms with E-state index in [2.05, 4.69) is 83.6 Å². The van der Waals surface area contributed by atoms with Crippen molar-refractivity contribution < 1.29 is 9.53 Å². The van der Waals surface area contributed by atoms with Gasteiger partial charge in [-0.15, -0.1) is 10.2 Å². The number of rotatable bonds is 12. The molecule has 0 aliphatic heterocycles. The molecule has 1 aromatic heterocycles. The first kappa shape index (κ1) is 27.0. The predicted octanol–water partition coefficient (Wildman–Crippen LogP) is 6.28. The van der Waals surface area contributed by atoms with Crippen LogP contribution >= 0.6 is 0 Å². The van der Waals surface area contributed by atoms with E-state index in [-0.39, 0.29) is 23.3 Å². The Morgan fingerprint density at radius 2 is 1.81 bits per heavy atom. The lowest BCUT2D eigenvalue weighted by molar-refractivity contribution is -0.153. The van der Waals surface area contributed by atoms with Gasteiger partial charge in [-0.2, -0.15) is 5.21 Å². The number of aromatic nitrogens is 4. The van der Waals surface area contributed by atoms with Gasteiger partial charge in [0.2, 0.25) is 5.82 Å². The first-order valence-electron chi connectivity index (χ1n) is 13.6. The smallest absolute Gasteiger partial charge is 0.323 e. The largest absolute Gasteiger partial charge is 0.468 e. The van der Waals surface area contributed by atoms with Crippen LogP contribution in [0.4, 0.5) is 0 Å². The van der Waals surface area contributed by atoms with Crippen LogP contribution in [0.3, 0.4) is 0 Å². The molecule has 1 heterocycles. The minimum absolute atomic E-state index is 0.134. The summed E-state index contributed by atoms with van der Waals surface area (Å²) in [7, 11) is 1.51. The number of carbonyl (C=O) groups is 1. The number of nitrogens with zero attached hydrogens (tertiary/aromatic N) is 4. The summed E-state index contributed by atoms with van der Waals surface area (Å²) in [4.78, 5) is 15.6. The maximum atomic E-state index is 13.1. The van der Waals surface area contributed by atoms with Crippen LogP contribution in [0.5, 0.6) is 0 Å². The Balaban J connectivity index is 1.66. The molecule has 0 radical (unpaired) electrons. The normalized spacial score (nSPS) is 16.4. The molecule has 0 saturated heterocycles. The van der Waals surface area contributed by atoms with Crippen LogP contribution in [0, 0.1) is 11.3 Å². The summed E-state index contributed by atoms with van der Waals surface area (Å²) in [5.74, 6) is 0.600. The highest BCUT2D eigenvalue weighted by atomic mass is 16.5. The summed E-state index contributed by atoms with van der Waals surface area (Å²) in [5, 5.41) is 14.6. The van der Waals surface area contributed by atoms with E-state index in [1.807, 2.05) is 18.2 Å². The number of hydrogen-bond acceptors (Lipinski definition) is 6. The Labute approximate surface area is 221 Å². The molecule has 198 valence electrons. The number of H-pyrrole nitrogens is 1. The fourth-order valence-electron chi connectivity index (χ4n) is 5.90. The van der Waals surface area contributed by atoms with E-state index < -0.39 is 0 Å². The highest BCUT2D eigenvalue weighted by Crippen LogP contribution is 2.48. The fraction of sp³-hybridized carbons (Fsp3) is 0.533. The molecule has 7 nitrogen and oxygen atoms in total. The van der Waals surface area contributed by atoms with Gasteiger partial charge in [-0.3, -0.25) is 9.69 Å². The lowest BCUT2D eigenvalue weighted by Crippen LogP contribution is -2.57. The second kappa shape index (κ2) is 12.0. The first-order valence-corrected chi connectivity index (χ1v) is 13.6. The summed E-state index contributed by atoms with van der Waals surface area (Å²) in [6.45, 7) is 9.64. The molecular formula is C30H41N5O2. The Kier molecular flexibility index (Phi) is 8.75. The molecule has 1 N–H and O–H groups in total. The van der Waals surface area contributed by atoms with Crippen LogP contribution in [0.1, 0.15) is 71.8 Å². The van der Waals surface area contributed by atoms with Crippen molar-refractivity contribution in [3.63, 3.8) is 0 Å². The summed E-state index contributed by atoms with van der Waals surface area (Å²) in [6, 6.07) is 16.8. The number of nitrogens with one attached hydrogen (secondary N) is 1. The molecule has 1 saturated carbocycles. The molecular weight excluding hydrogens is 462 g/mol. The standard InChI is InChI=1S/C30H41N5O2/c1-6-7-13-26(30(4)18-10-19-30)35(27(21(2)3)29(36)37-5)20-22-14-16-23(17-15-22)24-11-8-9-12-25(24)28-31-33-34-32-28/h8-9,11-12,14-17,21,26-27H,6-7,10,13,18-20H2,1-5H3,(H,31,32,33,34). The van der Waals surface area contributed by atoms with Crippen molar-refractivity contribution in [2.45, 2.75) is 84.8 Å². The number of tetrazole rings is 1. The number of methoxy groups -OCH3 is 1. The zero-order valence-corrected chi connectivity index (χ0v) is 22.9. The van der Waals surface area contributed by atoms with E-state index in [9.17, 15) is 4.79 Å². The summed E-state index contributed by atoms with van der Waals surface area (Å²) >= 11 is 0. The quantitative estimate of drug-likeness (QED) is 0.293. The van der Waals surface area contributed by atoms with Crippen molar-refractivity contribution in [1.29, 1.82) is 0 Å². The van der Waals surface area contributed by atoms with Crippen LogP contribution in [-0.4, -0.2) is 50.7 Å². The van der Waals surface area contributed by atoms with Crippen LogP contribution < -0.4 is 0 Å². The van der Waals surface area contributed by atoms with E-state index >= 15 is 0 Å². The SMILES string of the molecule is CCCCC(N(Cc1ccc(-c2ccccc2-c2nn[nH]n2)cc1)C(C(=O)OC)C(C)C)C1(C)CCC1. The Morgan fingerprint density at radius 1 is 1.11 bits per heavy atom. The average molecular weight is 504 g/mol. The topological polar surface area (TPSA) is 84.0 Å². The first-order chi connectivity index (χ1) is 17.9. The lowest BCUT2D eigenvalue weighted by Gasteiger charge is -2.52. The number of esters is 1. The molecule has 1 aliphatic rings. The van der Waals surface area contributed by atoms with E-state index in [0.29, 0.717) is 18.4 Å². The maximum Gasteiger partial charge on any atom is 0.323 e. The minimum atomic E-state index is -0.275. The third-order valence-corrected chi connectivity index (χ3v) is 8.11. The molecule has 1 aliphatic carbocycles. The van der Waals surface area contributed by atoms with Gasteiger partial charge in [-0.1, -0.05) is 95.5 Å². The van der Waals surface area contributed by atoms with Crippen molar-refractivity contribution in [2.75, 3.05) is 7.11 Å². The van der Waals surface area contributed by atoms with Gasteiger partial charge in [-0.05, 0) is 52.5 Å². The third-order valence-electron chi connectivity index (χ3n) is 8.11. The van der Waals surface area contributed by atoms with Gasteiger partial charge in [0.05, 0.1) is 7.11 Å². The number of ether oxygens (including phenoxy) is 1. The number of carbonyl (C=O) groups excluding carboxylic acids is 1. The van der Waals surface area contributed by atoms with Crippen molar-refractivity contribution in [1.82, 2.24) is 25.5 Å². The van der Waals surface area contributed by atoms with Gasteiger partial charge in [0, 0.05) is 18.2 Å². The molecule has 2 unspecified atom stereocenters. The number of benzene rings is 2. The van der Waals surface area contributed by atoms with Gasteiger partial charge >= 0.3 is 5.97 Å². The van der Waals surface area contributed by atoms with Crippen molar-refractivity contribution in [2.24, 2.45) is 11.3 Å². The van der Waals surface area contributed by atoms with Gasteiger partial charge in [-0.25, -0.2) is 0 Å². The van der Waals surface area contributed by atoms with Crippen molar-refractivity contribution >= 4 is 5.97 Å². The second-order valence-corrected chi connectivity index (χ2v) is 11.0. The molecule has 2 aromatic carbocycles. The Bertz CT molecular complexity index is 1140. The third kappa shape index (κ3) is 5.93. The van der Waals surface area contributed by atoms with Crippen LogP contribution in [0.25, 0.3) is 22.5 Å². The molecule has 0 spiro atoms. The molecule has 2 atom stereocenters. The zero-order chi connectivity index (χ0) is 26.4. The zero-order valence-electron chi connectivity index (χ0n) is 22.9. The molecule has 4 rings (SSSR count). The molecule has 37 heavy (non-hydrogen) atoms. The van der Waals surface area contributed by atoms with Gasteiger partial charge < -0.3 is 4.74 Å². The van der Waals surface area contributed by atoms with Crippen molar-refractivity contribution in [3.05, 3.63) is 54.1 Å². The highest BCUT2D eigenvalue weighted by molar-refractivity contribution is 5.80. The average Bonchev–Trinajstić information content (AvgIpc) is 3.43. The van der Waals surface area contributed by atoms with Crippen LogP contribution in [-0.2, 0) is 16.1 Å². The second-order valence-electron chi connectivity index (χ2n) is 11.0. The molecule has 0 amide bonds. The monoisotopic (exact) mass is 503 g/mol. The number of aromatic amines is 1. The maximum absolute atomic E-state index is 13.1.